The van der Waals surface area contributed by atoms with Crippen LogP contribution in [-0.4, -0.2) is 63.0 Å². The topological polar surface area (TPSA) is 38.8 Å². The molecule has 166 valence electrons. The van der Waals surface area contributed by atoms with Crippen LogP contribution in [-0.2, 0) is 22.6 Å². The van der Waals surface area contributed by atoms with E-state index < -0.39 is 6.16 Å². The summed E-state index contributed by atoms with van der Waals surface area (Å²) in [7, 11) is 6.23. The molecule has 0 unspecified atom stereocenters. The molecule has 0 bridgehead atoms. The Labute approximate surface area is 186 Å². The first-order valence-corrected chi connectivity index (χ1v) is 10.5. The van der Waals surface area contributed by atoms with Gasteiger partial charge in [-0.3, -0.25) is 4.90 Å². The molecule has 2 rings (SSSR count). The lowest BCUT2D eigenvalue weighted by Gasteiger charge is -2.29. The van der Waals surface area contributed by atoms with Gasteiger partial charge in [0.1, 0.15) is 26.3 Å². The first-order valence-electron chi connectivity index (χ1n) is 10.5. The smallest absolute Gasteiger partial charge is 0.433 e. The zero-order valence-electron chi connectivity index (χ0n) is 19.0. The average Bonchev–Trinajstić information content (AvgIpc) is 2.74. The Bertz CT molecular complexity index is 842. The fourth-order valence-corrected chi connectivity index (χ4v) is 3.18. The van der Waals surface area contributed by atoms with Gasteiger partial charge in [-0.2, -0.15) is 0 Å². The molecule has 0 spiro atoms. The van der Waals surface area contributed by atoms with Gasteiger partial charge in [-0.1, -0.05) is 73.8 Å². The van der Waals surface area contributed by atoms with E-state index in [1.54, 1.807) is 0 Å². The average molecular weight is 424 g/mol. The Morgan fingerprint density at radius 1 is 0.903 bits per heavy atom. The lowest BCUT2D eigenvalue weighted by molar-refractivity contribution is -0.903. The number of hydrogen-bond donors (Lipinski definition) is 0. The van der Waals surface area contributed by atoms with Gasteiger partial charge in [0.2, 0.25) is 0 Å². The summed E-state index contributed by atoms with van der Waals surface area (Å²) < 4.78 is 11.2. The van der Waals surface area contributed by atoms with E-state index in [2.05, 4.69) is 68.6 Å². The third kappa shape index (κ3) is 9.20. The predicted octanol–water partition coefficient (Wildman–Crippen LogP) is 4.83. The standard InChI is InChI=1S/C26H35N2O3/c1-6-22-8-12-24(13-9-22)20-27(3)16-18-30-26(29)31-19-17-28(4,5)21-25-14-10-23(7-2)11-15-25/h6-15H,1-2,16-21H2,3-5H3/q+1. The number of ether oxygens (including phenoxy) is 2. The number of benzene rings is 2. The first kappa shape index (κ1) is 24.4. The summed E-state index contributed by atoms with van der Waals surface area (Å²) in [6.45, 7) is 11.2. The van der Waals surface area contributed by atoms with E-state index in [-0.39, 0.29) is 0 Å². The monoisotopic (exact) mass is 423 g/mol. The minimum Gasteiger partial charge on any atom is -0.433 e. The Morgan fingerprint density at radius 3 is 1.97 bits per heavy atom. The van der Waals surface area contributed by atoms with E-state index in [1.807, 2.05) is 31.3 Å². The van der Waals surface area contributed by atoms with E-state index in [4.69, 9.17) is 9.47 Å². The molecule has 5 heteroatoms. The Hall–Kier alpha value is -2.89. The molecule has 2 aromatic rings. The molecule has 0 radical (unpaired) electrons. The SMILES string of the molecule is C=Cc1ccc(CN(C)CCOC(=O)OCC[N+](C)(C)Cc2ccc(C=C)cc2)cc1. The van der Waals surface area contributed by atoms with Crippen molar-refractivity contribution in [3.63, 3.8) is 0 Å². The lowest BCUT2D eigenvalue weighted by atomic mass is 10.1. The van der Waals surface area contributed by atoms with Gasteiger partial charge in [0.05, 0.1) is 14.1 Å². The fraction of sp³-hybridized carbons (Fsp3) is 0.346. The molecule has 0 fully saturated rings. The van der Waals surface area contributed by atoms with Gasteiger partial charge >= 0.3 is 6.16 Å². The number of likely N-dealkylation sites (N-methyl/N-ethyl adjacent to an activating group) is 2. The van der Waals surface area contributed by atoms with Gasteiger partial charge in [0, 0.05) is 18.7 Å². The van der Waals surface area contributed by atoms with Crippen LogP contribution < -0.4 is 0 Å². The summed E-state index contributed by atoms with van der Waals surface area (Å²) in [5.74, 6) is 0. The van der Waals surface area contributed by atoms with Crippen molar-refractivity contribution in [2.24, 2.45) is 0 Å². The largest absolute Gasteiger partial charge is 0.508 e. The summed E-state index contributed by atoms with van der Waals surface area (Å²) in [5.41, 5.74) is 4.65. The van der Waals surface area contributed by atoms with E-state index in [0.29, 0.717) is 30.8 Å². The van der Waals surface area contributed by atoms with Gasteiger partial charge in [0.25, 0.3) is 0 Å². The van der Waals surface area contributed by atoms with Crippen molar-refractivity contribution in [2.45, 2.75) is 13.1 Å². The molecule has 0 heterocycles. The summed E-state index contributed by atoms with van der Waals surface area (Å²) >= 11 is 0. The molecule has 5 nitrogen and oxygen atoms in total. The maximum absolute atomic E-state index is 11.9. The second kappa shape index (κ2) is 12.1. The minimum atomic E-state index is -0.612. The maximum Gasteiger partial charge on any atom is 0.508 e. The highest BCUT2D eigenvalue weighted by Gasteiger charge is 2.17. The van der Waals surface area contributed by atoms with Crippen molar-refractivity contribution in [2.75, 3.05) is 47.4 Å². The van der Waals surface area contributed by atoms with Gasteiger partial charge in [0.15, 0.2) is 0 Å². The van der Waals surface area contributed by atoms with E-state index in [9.17, 15) is 4.79 Å². The summed E-state index contributed by atoms with van der Waals surface area (Å²) in [6, 6.07) is 16.6. The van der Waals surface area contributed by atoms with Gasteiger partial charge < -0.3 is 14.0 Å². The summed E-state index contributed by atoms with van der Waals surface area (Å²) in [5, 5.41) is 0. The van der Waals surface area contributed by atoms with Crippen LogP contribution in [0.15, 0.2) is 61.7 Å². The first-order chi connectivity index (χ1) is 14.8. The van der Waals surface area contributed by atoms with E-state index >= 15 is 0 Å². The molecule has 0 atom stereocenters. The second-order valence-corrected chi connectivity index (χ2v) is 8.39. The highest BCUT2D eigenvalue weighted by Crippen LogP contribution is 2.12. The molecule has 0 saturated carbocycles. The molecule has 0 aliphatic rings. The third-order valence-corrected chi connectivity index (χ3v) is 5.10. The molecule has 0 aliphatic carbocycles. The van der Waals surface area contributed by atoms with Crippen LogP contribution >= 0.6 is 0 Å². The number of rotatable bonds is 12. The van der Waals surface area contributed by atoms with Crippen molar-refractivity contribution in [3.05, 3.63) is 83.9 Å². The second-order valence-electron chi connectivity index (χ2n) is 8.39. The van der Waals surface area contributed by atoms with Crippen molar-refractivity contribution in [1.82, 2.24) is 4.90 Å². The Kier molecular flexibility index (Phi) is 9.50. The molecule has 0 aromatic heterocycles. The van der Waals surface area contributed by atoms with Crippen molar-refractivity contribution in [1.29, 1.82) is 0 Å². The van der Waals surface area contributed by atoms with Gasteiger partial charge in [-0.15, -0.1) is 0 Å². The number of nitrogens with zero attached hydrogens (tertiary/aromatic N) is 2. The highest BCUT2D eigenvalue weighted by atomic mass is 16.7. The molecule has 0 amide bonds. The molecule has 31 heavy (non-hydrogen) atoms. The normalized spacial score (nSPS) is 11.2. The molecular formula is C26H35N2O3+. The molecule has 0 saturated heterocycles. The van der Waals surface area contributed by atoms with Gasteiger partial charge in [-0.25, -0.2) is 4.79 Å². The van der Waals surface area contributed by atoms with Gasteiger partial charge in [-0.05, 0) is 23.7 Å². The quantitative estimate of drug-likeness (QED) is 0.362. The zero-order chi connectivity index (χ0) is 22.7. The van der Waals surface area contributed by atoms with Crippen LogP contribution in [0.3, 0.4) is 0 Å². The third-order valence-electron chi connectivity index (χ3n) is 5.10. The van der Waals surface area contributed by atoms with Crippen LogP contribution in [0.4, 0.5) is 4.79 Å². The Morgan fingerprint density at radius 2 is 1.42 bits per heavy atom. The van der Waals surface area contributed by atoms with Crippen LogP contribution in [0.25, 0.3) is 12.2 Å². The predicted molar refractivity (Wildman–Crippen MR) is 127 cm³/mol. The molecule has 0 N–H and O–H groups in total. The van der Waals surface area contributed by atoms with Crippen LogP contribution in [0, 0.1) is 0 Å². The molecule has 2 aromatic carbocycles. The highest BCUT2D eigenvalue weighted by molar-refractivity contribution is 5.59. The maximum atomic E-state index is 11.9. The minimum absolute atomic E-state index is 0.300. The zero-order valence-corrected chi connectivity index (χ0v) is 19.0. The van der Waals surface area contributed by atoms with Crippen LogP contribution in [0.1, 0.15) is 22.3 Å². The van der Waals surface area contributed by atoms with Crippen molar-refractivity contribution in [3.8, 4) is 0 Å². The number of quaternary nitrogens is 1. The molecular weight excluding hydrogens is 388 g/mol. The van der Waals surface area contributed by atoms with E-state index in [0.717, 1.165) is 24.2 Å². The Balaban J connectivity index is 1.62. The van der Waals surface area contributed by atoms with Crippen molar-refractivity contribution >= 4 is 18.3 Å². The van der Waals surface area contributed by atoms with Crippen LogP contribution in [0.5, 0.6) is 0 Å². The number of carbonyl (C=O) groups is 1. The summed E-state index contributed by atoms with van der Waals surface area (Å²) in [6.07, 6.45) is 3.05. The fourth-order valence-electron chi connectivity index (χ4n) is 3.18. The van der Waals surface area contributed by atoms with E-state index in [1.165, 1.54) is 11.1 Å². The van der Waals surface area contributed by atoms with Crippen LogP contribution in [0.2, 0.25) is 0 Å². The number of hydrogen-bond acceptors (Lipinski definition) is 4. The van der Waals surface area contributed by atoms with Crippen molar-refractivity contribution < 1.29 is 18.8 Å². The molecule has 0 aliphatic heterocycles. The lowest BCUT2D eigenvalue weighted by Crippen LogP contribution is -2.41. The number of carbonyl (C=O) groups excluding carboxylic acids is 1. The summed E-state index contributed by atoms with van der Waals surface area (Å²) in [4.78, 5) is 14.0.